The van der Waals surface area contributed by atoms with Crippen LogP contribution in [0.5, 0.6) is 0 Å². The Hall–Kier alpha value is -3.78. The molecule has 20 heteroatoms. The first-order chi connectivity index (χ1) is 38.8. The van der Waals surface area contributed by atoms with E-state index >= 15 is 0 Å². The standard InChI is InChI=1S/C59H94N2O18/c1-58(18-23-68-34-39-76-46-43-72-30-27-64-3)51-11-6-8-13-53(51)60(20-25-70-36-41-78-48-45-74-32-29-66-5)55(58)15-10-16-56-59(2,19-24-69-35-40-77-47-44-73-31-28-65-4)52-12-7-9-14-54(52)61(56)21-26-71-37-42-79-50-49-75-38-33-67-22-17-57(62)63/h6-16H,17-50H2,1-5H3/p+1. The summed E-state index contributed by atoms with van der Waals surface area (Å²) in [4.78, 5) is 13.0. The molecule has 1 N–H and O–H groups in total. The zero-order valence-electron chi connectivity index (χ0n) is 48.2. The third-order valence-electron chi connectivity index (χ3n) is 13.3. The molecule has 2 aromatic carbocycles. The maximum Gasteiger partial charge on any atom is 0.305 e. The van der Waals surface area contributed by atoms with Crippen LogP contribution >= 0.6 is 0 Å². The number of carbonyl (C=O) groups is 1. The number of para-hydroxylation sites is 2. The lowest BCUT2D eigenvalue weighted by atomic mass is 9.76. The average molecular weight is 1120 g/mol. The Balaban J connectivity index is 1.51. The van der Waals surface area contributed by atoms with Crippen molar-refractivity contribution in [1.29, 1.82) is 0 Å². The zero-order chi connectivity index (χ0) is 56.3. The first-order valence-corrected chi connectivity index (χ1v) is 28.0. The van der Waals surface area contributed by atoms with Gasteiger partial charge in [0.1, 0.15) is 6.61 Å². The summed E-state index contributed by atoms with van der Waals surface area (Å²) in [7, 11) is 4.97. The van der Waals surface area contributed by atoms with Crippen molar-refractivity contribution in [3.63, 3.8) is 0 Å². The van der Waals surface area contributed by atoms with E-state index in [1.165, 1.54) is 11.1 Å². The van der Waals surface area contributed by atoms with Crippen LogP contribution in [-0.2, 0) is 91.4 Å². The van der Waals surface area contributed by atoms with E-state index < -0.39 is 11.4 Å². The second kappa shape index (κ2) is 43.0. The Morgan fingerprint density at radius 1 is 0.468 bits per heavy atom. The van der Waals surface area contributed by atoms with Gasteiger partial charge in [0.25, 0.3) is 0 Å². The number of allylic oxidation sites excluding steroid dienone is 4. The van der Waals surface area contributed by atoms with Gasteiger partial charge in [-0.3, -0.25) is 4.79 Å². The Labute approximate surface area is 470 Å². The Bertz CT molecular complexity index is 1990. The maximum absolute atomic E-state index is 10.7. The van der Waals surface area contributed by atoms with Crippen LogP contribution in [0.4, 0.5) is 11.4 Å². The van der Waals surface area contributed by atoms with Gasteiger partial charge in [-0.15, -0.1) is 0 Å². The van der Waals surface area contributed by atoms with E-state index in [9.17, 15) is 4.79 Å². The second-order valence-electron chi connectivity index (χ2n) is 18.9. The molecule has 0 spiro atoms. The first kappa shape index (κ1) is 67.7. The van der Waals surface area contributed by atoms with E-state index in [2.05, 4.69) is 90.1 Å². The molecule has 0 aliphatic carbocycles. The van der Waals surface area contributed by atoms with Crippen molar-refractivity contribution in [1.82, 2.24) is 0 Å². The van der Waals surface area contributed by atoms with Crippen LogP contribution < -0.4 is 4.90 Å². The highest BCUT2D eigenvalue weighted by Gasteiger charge is 2.47. The van der Waals surface area contributed by atoms with Crippen molar-refractivity contribution < 1.29 is 90.3 Å². The molecule has 0 fully saturated rings. The van der Waals surface area contributed by atoms with Crippen molar-refractivity contribution >= 4 is 23.1 Å². The molecule has 0 aromatic heterocycles. The van der Waals surface area contributed by atoms with E-state index in [1.807, 2.05) is 0 Å². The average Bonchev–Trinajstić information content (AvgIpc) is 4.06. The van der Waals surface area contributed by atoms with Crippen molar-refractivity contribution in [2.24, 2.45) is 0 Å². The lowest BCUT2D eigenvalue weighted by Crippen LogP contribution is -2.34. The zero-order valence-corrected chi connectivity index (χ0v) is 48.2. The summed E-state index contributed by atoms with van der Waals surface area (Å²) in [5, 5.41) is 8.75. The number of fused-ring (bicyclic) bond motifs is 2. The van der Waals surface area contributed by atoms with Gasteiger partial charge in [-0.05, 0) is 44.4 Å². The number of hydrogen-bond acceptors (Lipinski definition) is 18. The molecular weight excluding hydrogens is 1020 g/mol. The van der Waals surface area contributed by atoms with Gasteiger partial charge in [0.15, 0.2) is 12.3 Å². The molecule has 0 amide bonds. The fourth-order valence-electron chi connectivity index (χ4n) is 9.11. The fraction of sp³-hybridized carbons (Fsp3) is 0.695. The smallest absolute Gasteiger partial charge is 0.305 e. The highest BCUT2D eigenvalue weighted by molar-refractivity contribution is 6.03. The summed E-state index contributed by atoms with van der Waals surface area (Å²) in [6.45, 7) is 19.6. The predicted molar refractivity (Wildman–Crippen MR) is 300 cm³/mol. The summed E-state index contributed by atoms with van der Waals surface area (Å²) in [6, 6.07) is 17.2. The molecule has 0 saturated carbocycles. The minimum atomic E-state index is -0.885. The van der Waals surface area contributed by atoms with Gasteiger partial charge >= 0.3 is 5.97 Å². The third-order valence-corrected chi connectivity index (χ3v) is 13.3. The van der Waals surface area contributed by atoms with Crippen molar-refractivity contribution in [3.05, 3.63) is 83.6 Å². The number of carboxylic acids is 1. The third kappa shape index (κ3) is 25.9. The van der Waals surface area contributed by atoms with Gasteiger partial charge < -0.3 is 85.8 Å². The van der Waals surface area contributed by atoms with Gasteiger partial charge in [0, 0.05) is 75.6 Å². The summed E-state index contributed by atoms with van der Waals surface area (Å²) in [6.07, 6.45) is 8.19. The van der Waals surface area contributed by atoms with Crippen LogP contribution in [0.1, 0.15) is 44.2 Å². The van der Waals surface area contributed by atoms with Crippen LogP contribution in [0.3, 0.4) is 0 Å². The summed E-state index contributed by atoms with van der Waals surface area (Å²) in [5.74, 6) is -0.885. The van der Waals surface area contributed by atoms with Gasteiger partial charge in [0.2, 0.25) is 5.69 Å². The normalized spacial score (nSPS) is 17.5. The SMILES string of the molecule is COCCOCCOCCOCC[N+]1=C(C=CC=C2N(CCOCCOCCOCCOCCC(=O)O)c3ccccc3C2(C)CCOCCOCCOCCOC)C(C)(CCOCCOCCOCCOC)c2ccccc21. The molecule has 2 atom stereocenters. The van der Waals surface area contributed by atoms with E-state index in [4.69, 9.17) is 80.9 Å². The number of ether oxygens (including phenoxy) is 16. The number of hydrogen-bond donors (Lipinski definition) is 1. The molecule has 2 unspecified atom stereocenters. The Morgan fingerprint density at radius 2 is 0.848 bits per heavy atom. The minimum Gasteiger partial charge on any atom is -0.481 e. The summed E-state index contributed by atoms with van der Waals surface area (Å²) >= 11 is 0. The molecule has 20 nitrogen and oxygen atoms in total. The molecule has 0 bridgehead atoms. The number of rotatable bonds is 53. The molecule has 2 heterocycles. The molecule has 79 heavy (non-hydrogen) atoms. The Kier molecular flexibility index (Phi) is 36.8. The number of aliphatic carboxylic acids is 1. The quantitative estimate of drug-likeness (QED) is 0.0629. The summed E-state index contributed by atoms with van der Waals surface area (Å²) < 4.78 is 93.0. The molecule has 0 radical (unpaired) electrons. The van der Waals surface area contributed by atoms with Crippen LogP contribution in [0, 0.1) is 0 Å². The van der Waals surface area contributed by atoms with E-state index in [-0.39, 0.29) is 18.4 Å². The van der Waals surface area contributed by atoms with Gasteiger partial charge in [-0.1, -0.05) is 42.5 Å². The molecular formula is C59H95N2O18+. The molecule has 2 aromatic rings. The number of nitrogens with zero attached hydrogens (tertiary/aromatic N) is 2. The van der Waals surface area contributed by atoms with Crippen molar-refractivity contribution in [2.75, 3.05) is 231 Å². The summed E-state index contributed by atoms with van der Waals surface area (Å²) in [5.41, 5.74) is 6.26. The van der Waals surface area contributed by atoms with E-state index in [0.717, 1.165) is 35.6 Å². The van der Waals surface area contributed by atoms with Crippen molar-refractivity contribution in [3.8, 4) is 0 Å². The Morgan fingerprint density at radius 3 is 1.32 bits per heavy atom. The topological polar surface area (TPSA) is 191 Å². The maximum atomic E-state index is 10.7. The molecule has 2 aliphatic rings. The molecule has 448 valence electrons. The highest BCUT2D eigenvalue weighted by Crippen LogP contribution is 2.50. The predicted octanol–water partition coefficient (Wildman–Crippen LogP) is 5.67. The van der Waals surface area contributed by atoms with Crippen LogP contribution in [0.2, 0.25) is 0 Å². The van der Waals surface area contributed by atoms with Gasteiger partial charge in [0.05, 0.1) is 184 Å². The second-order valence-corrected chi connectivity index (χ2v) is 18.9. The van der Waals surface area contributed by atoms with Gasteiger partial charge in [-0.25, -0.2) is 0 Å². The highest BCUT2D eigenvalue weighted by atomic mass is 16.6. The monoisotopic (exact) mass is 1120 g/mol. The van der Waals surface area contributed by atoms with E-state index in [1.54, 1.807) is 21.3 Å². The number of anilines is 1. The molecule has 2 aliphatic heterocycles. The van der Waals surface area contributed by atoms with Gasteiger partial charge in [-0.2, -0.15) is 4.58 Å². The first-order valence-electron chi connectivity index (χ1n) is 28.0. The number of carboxylic acid groups (broad SMARTS) is 1. The molecule has 4 rings (SSSR count). The fourth-order valence-corrected chi connectivity index (χ4v) is 9.11. The van der Waals surface area contributed by atoms with E-state index in [0.29, 0.717) is 198 Å². The lowest BCUT2D eigenvalue weighted by Gasteiger charge is -2.30. The van der Waals surface area contributed by atoms with Crippen LogP contribution in [-0.4, -0.2) is 247 Å². The molecule has 0 saturated heterocycles. The van der Waals surface area contributed by atoms with Crippen molar-refractivity contribution in [2.45, 2.75) is 43.9 Å². The lowest BCUT2D eigenvalue weighted by molar-refractivity contribution is -0.442. The van der Waals surface area contributed by atoms with Crippen LogP contribution in [0.25, 0.3) is 0 Å². The number of benzene rings is 2. The largest absolute Gasteiger partial charge is 0.481 e. The van der Waals surface area contributed by atoms with Crippen LogP contribution in [0.15, 0.2) is 72.5 Å². The minimum absolute atomic E-state index is 0.0272. The number of methoxy groups -OCH3 is 3.